The van der Waals surface area contributed by atoms with Crippen LogP contribution >= 0.6 is 0 Å². The van der Waals surface area contributed by atoms with E-state index in [0.717, 1.165) is 24.2 Å². The second-order valence-electron chi connectivity index (χ2n) is 6.48. The zero-order valence-corrected chi connectivity index (χ0v) is 14.7. The molecule has 0 saturated carbocycles. The molecule has 132 valence electrons. The van der Waals surface area contributed by atoms with Crippen molar-refractivity contribution in [3.63, 3.8) is 0 Å². The van der Waals surface area contributed by atoms with Gasteiger partial charge in [-0.2, -0.15) is 0 Å². The summed E-state index contributed by atoms with van der Waals surface area (Å²) in [7, 11) is 3.99. The highest BCUT2D eigenvalue weighted by atomic mass is 16.2. The van der Waals surface area contributed by atoms with Crippen LogP contribution in [0.5, 0.6) is 0 Å². The van der Waals surface area contributed by atoms with Gasteiger partial charge in [0.2, 0.25) is 0 Å². The molecule has 0 N–H and O–H groups in total. The Bertz CT molecular complexity index is 801. The highest BCUT2D eigenvalue weighted by Crippen LogP contribution is 2.16. The fourth-order valence-corrected chi connectivity index (χ4v) is 3.12. The largest absolute Gasteiger partial charge is 0.337 e. The lowest BCUT2D eigenvalue weighted by molar-refractivity contribution is 0.0756. The third kappa shape index (κ3) is 3.93. The van der Waals surface area contributed by atoms with Crippen LogP contribution in [-0.4, -0.2) is 64.0 Å². The van der Waals surface area contributed by atoms with E-state index in [2.05, 4.69) is 14.9 Å². The summed E-state index contributed by atoms with van der Waals surface area (Å²) in [6, 6.07) is 3.54. The molecule has 0 radical (unpaired) electrons. The summed E-state index contributed by atoms with van der Waals surface area (Å²) in [5.41, 5.74) is 2.57. The van der Waals surface area contributed by atoms with Gasteiger partial charge in [-0.1, -0.05) is 6.07 Å². The van der Waals surface area contributed by atoms with Gasteiger partial charge in [0.1, 0.15) is 5.69 Å². The summed E-state index contributed by atoms with van der Waals surface area (Å²) >= 11 is 0. The lowest BCUT2D eigenvalue weighted by atomic mass is 10.1. The number of nitrogens with zero attached hydrogens (tertiary/aromatic N) is 5. The number of aromatic nitrogens is 3. The molecule has 0 aliphatic carbocycles. The molecule has 0 aromatic carbocycles. The predicted molar refractivity (Wildman–Crippen MR) is 94.6 cm³/mol. The average Bonchev–Trinajstić information content (AvgIpc) is 2.83. The molecule has 0 unspecified atom stereocenters. The Morgan fingerprint density at radius 2 is 2.00 bits per heavy atom. The van der Waals surface area contributed by atoms with Gasteiger partial charge in [-0.05, 0) is 26.1 Å². The van der Waals surface area contributed by atoms with Crippen molar-refractivity contribution in [1.82, 2.24) is 24.3 Å². The maximum Gasteiger partial charge on any atom is 0.274 e. The van der Waals surface area contributed by atoms with Crippen LogP contribution in [-0.2, 0) is 19.4 Å². The highest BCUT2D eigenvalue weighted by molar-refractivity contribution is 5.92. The molecule has 3 rings (SSSR count). The molecular weight excluding hydrogens is 318 g/mol. The smallest absolute Gasteiger partial charge is 0.274 e. The maximum absolute atomic E-state index is 12.6. The average molecular weight is 341 g/mol. The molecule has 1 amide bonds. The van der Waals surface area contributed by atoms with Crippen molar-refractivity contribution < 1.29 is 4.79 Å². The molecule has 1 aliphatic rings. The Morgan fingerprint density at radius 1 is 1.20 bits per heavy atom. The second kappa shape index (κ2) is 7.57. The second-order valence-corrected chi connectivity index (χ2v) is 6.48. The molecule has 25 heavy (non-hydrogen) atoms. The third-order valence-corrected chi connectivity index (χ3v) is 4.50. The SMILES string of the molecule is CN(C)CCn1c2c(ccc1=O)CCN(C(=O)c1cnccn1)CC2. The van der Waals surface area contributed by atoms with E-state index in [-0.39, 0.29) is 11.5 Å². The lowest BCUT2D eigenvalue weighted by Gasteiger charge is -2.19. The molecule has 2 aromatic rings. The van der Waals surface area contributed by atoms with Crippen LogP contribution in [0, 0.1) is 0 Å². The van der Waals surface area contributed by atoms with E-state index in [4.69, 9.17) is 0 Å². The monoisotopic (exact) mass is 341 g/mol. The normalized spacial score (nSPS) is 14.3. The van der Waals surface area contributed by atoms with Gasteiger partial charge in [-0.3, -0.25) is 14.6 Å². The number of carbonyl (C=O) groups is 1. The first kappa shape index (κ1) is 17.3. The number of hydrogen-bond donors (Lipinski definition) is 0. The van der Waals surface area contributed by atoms with Crippen molar-refractivity contribution >= 4 is 5.91 Å². The summed E-state index contributed by atoms with van der Waals surface area (Å²) in [5, 5.41) is 0. The number of rotatable bonds is 4. The number of pyridine rings is 1. The minimum absolute atomic E-state index is 0.0225. The van der Waals surface area contributed by atoms with Crippen molar-refractivity contribution in [2.45, 2.75) is 19.4 Å². The van der Waals surface area contributed by atoms with Gasteiger partial charge in [0.15, 0.2) is 0 Å². The summed E-state index contributed by atoms with van der Waals surface area (Å²) < 4.78 is 1.85. The van der Waals surface area contributed by atoms with Crippen molar-refractivity contribution in [3.8, 4) is 0 Å². The molecule has 3 heterocycles. The fourth-order valence-electron chi connectivity index (χ4n) is 3.12. The highest BCUT2D eigenvalue weighted by Gasteiger charge is 2.22. The Labute approximate surface area is 146 Å². The summed E-state index contributed by atoms with van der Waals surface area (Å²) in [6.45, 7) is 2.66. The maximum atomic E-state index is 12.6. The fraction of sp³-hybridized carbons (Fsp3) is 0.444. The van der Waals surface area contributed by atoms with Crippen LogP contribution in [0.25, 0.3) is 0 Å². The zero-order valence-electron chi connectivity index (χ0n) is 14.7. The van der Waals surface area contributed by atoms with Crippen LogP contribution in [0.15, 0.2) is 35.5 Å². The Morgan fingerprint density at radius 3 is 2.72 bits per heavy atom. The van der Waals surface area contributed by atoms with E-state index in [9.17, 15) is 9.59 Å². The Kier molecular flexibility index (Phi) is 5.23. The Hall–Kier alpha value is -2.54. The van der Waals surface area contributed by atoms with Crippen LogP contribution in [0.1, 0.15) is 21.7 Å². The first-order valence-electron chi connectivity index (χ1n) is 8.48. The van der Waals surface area contributed by atoms with E-state index in [1.807, 2.05) is 24.7 Å². The molecule has 0 bridgehead atoms. The van der Waals surface area contributed by atoms with Crippen LogP contribution in [0.2, 0.25) is 0 Å². The number of fused-ring (bicyclic) bond motifs is 1. The van der Waals surface area contributed by atoms with Gasteiger partial charge >= 0.3 is 0 Å². The van der Waals surface area contributed by atoms with Gasteiger partial charge in [0.05, 0.1) is 6.20 Å². The summed E-state index contributed by atoms with van der Waals surface area (Å²) in [6.07, 6.45) is 5.99. The first-order chi connectivity index (χ1) is 12.1. The van der Waals surface area contributed by atoms with Crippen molar-refractivity contribution in [1.29, 1.82) is 0 Å². The van der Waals surface area contributed by atoms with Crippen LogP contribution in [0.4, 0.5) is 0 Å². The van der Waals surface area contributed by atoms with Crippen molar-refractivity contribution in [2.24, 2.45) is 0 Å². The number of amides is 1. The van der Waals surface area contributed by atoms with E-state index >= 15 is 0 Å². The van der Waals surface area contributed by atoms with Gasteiger partial charge in [0.25, 0.3) is 11.5 Å². The minimum Gasteiger partial charge on any atom is -0.337 e. The van der Waals surface area contributed by atoms with Gasteiger partial charge < -0.3 is 14.4 Å². The molecule has 7 heteroatoms. The minimum atomic E-state index is -0.108. The number of carbonyl (C=O) groups excluding carboxylic acids is 1. The summed E-state index contributed by atoms with van der Waals surface area (Å²) in [5.74, 6) is -0.108. The number of likely N-dealkylation sites (N-methyl/N-ethyl adjacent to an activating group) is 1. The van der Waals surface area contributed by atoms with E-state index in [1.165, 1.54) is 12.4 Å². The van der Waals surface area contributed by atoms with Gasteiger partial charge in [-0.15, -0.1) is 0 Å². The summed E-state index contributed by atoms with van der Waals surface area (Å²) in [4.78, 5) is 36.8. The number of hydrogen-bond acceptors (Lipinski definition) is 5. The molecule has 7 nitrogen and oxygen atoms in total. The molecule has 1 aliphatic heterocycles. The topological polar surface area (TPSA) is 71.3 Å². The first-order valence-corrected chi connectivity index (χ1v) is 8.48. The molecule has 0 saturated heterocycles. The van der Waals surface area contributed by atoms with E-state index in [1.54, 1.807) is 17.2 Å². The van der Waals surface area contributed by atoms with E-state index in [0.29, 0.717) is 31.7 Å². The molecule has 0 atom stereocenters. The molecular formula is C18H23N5O2. The standard InChI is InChI=1S/C18H23N5O2/c1-21(2)11-12-23-16-6-10-22(9-5-14(16)3-4-17(23)24)18(25)15-13-19-7-8-20-15/h3-4,7-8,13H,5-6,9-12H2,1-2H3. The van der Waals surface area contributed by atoms with Crippen molar-refractivity contribution in [3.05, 3.63) is 58.0 Å². The quantitative estimate of drug-likeness (QED) is 0.807. The third-order valence-electron chi connectivity index (χ3n) is 4.50. The lowest BCUT2D eigenvalue weighted by Crippen LogP contribution is -2.34. The van der Waals surface area contributed by atoms with Gasteiger partial charge in [0, 0.05) is 56.8 Å². The van der Waals surface area contributed by atoms with Crippen molar-refractivity contribution in [2.75, 3.05) is 33.7 Å². The molecule has 0 fully saturated rings. The van der Waals surface area contributed by atoms with Crippen LogP contribution < -0.4 is 5.56 Å². The zero-order chi connectivity index (χ0) is 17.8. The Balaban J connectivity index is 1.81. The molecule has 2 aromatic heterocycles. The van der Waals surface area contributed by atoms with E-state index < -0.39 is 0 Å². The predicted octanol–water partition coefficient (Wildman–Crippen LogP) is 0.441. The molecule has 0 spiro atoms. The van der Waals surface area contributed by atoms with Gasteiger partial charge in [-0.25, -0.2) is 4.98 Å². The van der Waals surface area contributed by atoms with Crippen LogP contribution in [0.3, 0.4) is 0 Å².